The maximum absolute atomic E-state index is 3.91. The third kappa shape index (κ3) is 1.54. The summed E-state index contributed by atoms with van der Waals surface area (Å²) in [5, 5.41) is 11.5. The molecule has 4 heteroatoms. The largest absolute Gasteiger partial charge is 0.197 e. The number of hydrogen-bond acceptors (Lipinski definition) is 3. The van der Waals surface area contributed by atoms with Gasteiger partial charge in [-0.3, -0.25) is 0 Å². The van der Waals surface area contributed by atoms with E-state index in [9.17, 15) is 0 Å². The number of tetrazole rings is 1. The molecule has 0 spiro atoms. The Balaban J connectivity index is 2.41. The first kappa shape index (κ1) is 8.62. The standard InChI is InChI=1S/C10H10N4/c1-2-6-10-11-12-13-14(10)9-7-4-3-5-8-9/h2-5,7-8H,1,6H2. The zero-order chi connectivity index (χ0) is 9.80. The summed E-state index contributed by atoms with van der Waals surface area (Å²) < 4.78 is 1.71. The van der Waals surface area contributed by atoms with Crippen molar-refractivity contribution in [2.45, 2.75) is 6.42 Å². The maximum Gasteiger partial charge on any atom is 0.160 e. The molecule has 0 aliphatic rings. The van der Waals surface area contributed by atoms with E-state index in [-0.39, 0.29) is 0 Å². The molecule has 2 rings (SSSR count). The molecular formula is C10H10N4. The van der Waals surface area contributed by atoms with Gasteiger partial charge in [0.1, 0.15) is 0 Å². The van der Waals surface area contributed by atoms with Gasteiger partial charge in [0.05, 0.1) is 5.69 Å². The van der Waals surface area contributed by atoms with Crippen LogP contribution in [0.25, 0.3) is 5.69 Å². The van der Waals surface area contributed by atoms with Crippen molar-refractivity contribution < 1.29 is 0 Å². The Morgan fingerprint density at radius 2 is 2.07 bits per heavy atom. The van der Waals surface area contributed by atoms with Gasteiger partial charge in [0, 0.05) is 6.42 Å². The van der Waals surface area contributed by atoms with E-state index in [1.165, 1.54) is 0 Å². The Hall–Kier alpha value is -1.97. The molecule has 0 N–H and O–H groups in total. The Labute approximate surface area is 81.9 Å². The van der Waals surface area contributed by atoms with Gasteiger partial charge < -0.3 is 0 Å². The number of rotatable bonds is 3. The van der Waals surface area contributed by atoms with Crippen LogP contribution in [0, 0.1) is 0 Å². The summed E-state index contributed by atoms with van der Waals surface area (Å²) in [6.07, 6.45) is 2.45. The highest BCUT2D eigenvalue weighted by atomic mass is 15.5. The molecule has 0 aliphatic heterocycles. The highest BCUT2D eigenvalue weighted by Gasteiger charge is 2.04. The van der Waals surface area contributed by atoms with E-state index in [1.54, 1.807) is 10.8 Å². The van der Waals surface area contributed by atoms with Gasteiger partial charge in [-0.15, -0.1) is 11.7 Å². The molecular weight excluding hydrogens is 176 g/mol. The van der Waals surface area contributed by atoms with Crippen molar-refractivity contribution in [3.63, 3.8) is 0 Å². The van der Waals surface area contributed by atoms with Gasteiger partial charge in [0.25, 0.3) is 0 Å². The Bertz CT molecular complexity index is 419. The van der Waals surface area contributed by atoms with Crippen LogP contribution in [0.1, 0.15) is 5.82 Å². The number of nitrogens with zero attached hydrogens (tertiary/aromatic N) is 4. The first-order chi connectivity index (χ1) is 6.92. The fourth-order valence-corrected chi connectivity index (χ4v) is 1.23. The van der Waals surface area contributed by atoms with Crippen molar-refractivity contribution in [2.75, 3.05) is 0 Å². The van der Waals surface area contributed by atoms with Crippen LogP contribution in [-0.4, -0.2) is 20.2 Å². The van der Waals surface area contributed by atoms with Crippen LogP contribution in [0.5, 0.6) is 0 Å². The number of benzene rings is 1. The first-order valence-electron chi connectivity index (χ1n) is 4.35. The predicted molar refractivity (Wildman–Crippen MR) is 53.1 cm³/mol. The second-order valence-corrected chi connectivity index (χ2v) is 2.84. The van der Waals surface area contributed by atoms with Gasteiger partial charge in [-0.2, -0.15) is 4.68 Å². The number of aromatic nitrogens is 4. The molecule has 0 bridgehead atoms. The first-order valence-corrected chi connectivity index (χ1v) is 4.35. The van der Waals surface area contributed by atoms with Crippen LogP contribution >= 0.6 is 0 Å². The molecule has 0 saturated carbocycles. The fourth-order valence-electron chi connectivity index (χ4n) is 1.23. The summed E-state index contributed by atoms with van der Waals surface area (Å²) in [5.74, 6) is 0.797. The highest BCUT2D eigenvalue weighted by molar-refractivity contribution is 5.30. The second-order valence-electron chi connectivity index (χ2n) is 2.84. The van der Waals surface area contributed by atoms with Crippen molar-refractivity contribution in [2.24, 2.45) is 0 Å². The molecule has 4 nitrogen and oxygen atoms in total. The molecule has 1 aromatic heterocycles. The SMILES string of the molecule is C=CCc1nnnn1-c1ccccc1. The highest BCUT2D eigenvalue weighted by Crippen LogP contribution is 2.06. The van der Waals surface area contributed by atoms with E-state index >= 15 is 0 Å². The van der Waals surface area contributed by atoms with Gasteiger partial charge in [0.2, 0.25) is 0 Å². The number of para-hydroxylation sites is 1. The molecule has 1 aromatic carbocycles. The van der Waals surface area contributed by atoms with Crippen LogP contribution in [0.15, 0.2) is 43.0 Å². The Morgan fingerprint density at radius 1 is 1.29 bits per heavy atom. The molecule has 70 valence electrons. The van der Waals surface area contributed by atoms with Crippen molar-refractivity contribution in [3.05, 3.63) is 48.8 Å². The molecule has 0 aliphatic carbocycles. The predicted octanol–water partition coefficient (Wildman–Crippen LogP) is 1.39. The molecule has 0 amide bonds. The van der Waals surface area contributed by atoms with E-state index in [2.05, 4.69) is 22.1 Å². The molecule has 0 radical (unpaired) electrons. The van der Waals surface area contributed by atoms with E-state index < -0.39 is 0 Å². The zero-order valence-corrected chi connectivity index (χ0v) is 7.67. The monoisotopic (exact) mass is 186 g/mol. The van der Waals surface area contributed by atoms with Gasteiger partial charge in [-0.25, -0.2) is 0 Å². The summed E-state index contributed by atoms with van der Waals surface area (Å²) in [6, 6.07) is 9.79. The Morgan fingerprint density at radius 3 is 2.79 bits per heavy atom. The van der Waals surface area contributed by atoms with E-state index in [0.717, 1.165) is 11.5 Å². The van der Waals surface area contributed by atoms with Crippen LogP contribution in [0.4, 0.5) is 0 Å². The molecule has 2 aromatic rings. The van der Waals surface area contributed by atoms with Crippen molar-refractivity contribution in [1.29, 1.82) is 0 Å². The van der Waals surface area contributed by atoms with Crippen LogP contribution in [-0.2, 0) is 6.42 Å². The minimum atomic E-state index is 0.669. The number of allylic oxidation sites excluding steroid dienone is 1. The Kier molecular flexibility index (Phi) is 2.36. The molecule has 1 heterocycles. The average Bonchev–Trinajstić information content (AvgIpc) is 2.68. The van der Waals surface area contributed by atoms with E-state index in [1.807, 2.05) is 30.3 Å². The molecule has 0 saturated heterocycles. The molecule has 0 atom stereocenters. The summed E-state index contributed by atoms with van der Waals surface area (Å²) in [5.41, 5.74) is 0.967. The van der Waals surface area contributed by atoms with Crippen molar-refractivity contribution in [3.8, 4) is 5.69 Å². The summed E-state index contributed by atoms with van der Waals surface area (Å²) >= 11 is 0. The molecule has 0 fully saturated rings. The normalized spacial score (nSPS) is 10.0. The van der Waals surface area contributed by atoms with E-state index in [0.29, 0.717) is 6.42 Å². The number of hydrogen-bond donors (Lipinski definition) is 0. The lowest BCUT2D eigenvalue weighted by molar-refractivity contribution is 0.773. The minimum Gasteiger partial charge on any atom is -0.197 e. The zero-order valence-electron chi connectivity index (χ0n) is 7.67. The van der Waals surface area contributed by atoms with Gasteiger partial charge in [-0.05, 0) is 22.6 Å². The van der Waals surface area contributed by atoms with Crippen LogP contribution < -0.4 is 0 Å². The van der Waals surface area contributed by atoms with Gasteiger partial charge in [-0.1, -0.05) is 24.3 Å². The fraction of sp³-hybridized carbons (Fsp3) is 0.100. The lowest BCUT2D eigenvalue weighted by atomic mass is 10.3. The lowest BCUT2D eigenvalue weighted by Gasteiger charge is -2.01. The maximum atomic E-state index is 3.91. The third-order valence-corrected chi connectivity index (χ3v) is 1.86. The smallest absolute Gasteiger partial charge is 0.160 e. The van der Waals surface area contributed by atoms with Crippen LogP contribution in [0.2, 0.25) is 0 Å². The molecule has 0 unspecified atom stereocenters. The lowest BCUT2D eigenvalue weighted by Crippen LogP contribution is -2.01. The minimum absolute atomic E-state index is 0.669. The summed E-state index contributed by atoms with van der Waals surface area (Å²) in [6.45, 7) is 3.66. The van der Waals surface area contributed by atoms with Crippen LogP contribution in [0.3, 0.4) is 0 Å². The summed E-state index contributed by atoms with van der Waals surface area (Å²) in [7, 11) is 0. The van der Waals surface area contributed by atoms with Crippen molar-refractivity contribution >= 4 is 0 Å². The third-order valence-electron chi connectivity index (χ3n) is 1.86. The topological polar surface area (TPSA) is 43.6 Å². The van der Waals surface area contributed by atoms with Gasteiger partial charge >= 0.3 is 0 Å². The quantitative estimate of drug-likeness (QED) is 0.680. The van der Waals surface area contributed by atoms with E-state index in [4.69, 9.17) is 0 Å². The average molecular weight is 186 g/mol. The van der Waals surface area contributed by atoms with Gasteiger partial charge in [0.15, 0.2) is 5.82 Å². The summed E-state index contributed by atoms with van der Waals surface area (Å²) in [4.78, 5) is 0. The molecule has 14 heavy (non-hydrogen) atoms. The second kappa shape index (κ2) is 3.83. The van der Waals surface area contributed by atoms with Crippen molar-refractivity contribution in [1.82, 2.24) is 20.2 Å².